The van der Waals surface area contributed by atoms with Gasteiger partial charge in [0.05, 0.1) is 16.1 Å². The van der Waals surface area contributed by atoms with Crippen molar-refractivity contribution in [2.24, 2.45) is 5.14 Å². The van der Waals surface area contributed by atoms with E-state index in [2.05, 4.69) is 5.32 Å². The van der Waals surface area contributed by atoms with Gasteiger partial charge in [-0.25, -0.2) is 13.6 Å². The van der Waals surface area contributed by atoms with E-state index in [1.54, 1.807) is 6.07 Å². The smallest absolute Gasteiger partial charge is 0.238 e. The number of sulfonamides is 1. The van der Waals surface area contributed by atoms with Crippen molar-refractivity contribution in [1.82, 2.24) is 0 Å². The molecule has 1 aliphatic rings. The van der Waals surface area contributed by atoms with Crippen molar-refractivity contribution in [1.29, 1.82) is 5.26 Å². The third kappa shape index (κ3) is 4.25. The number of nitrogens with one attached hydrogen (secondary N) is 1. The highest BCUT2D eigenvalue weighted by molar-refractivity contribution is 7.89. The lowest BCUT2D eigenvalue weighted by Crippen LogP contribution is -2.40. The van der Waals surface area contributed by atoms with Crippen molar-refractivity contribution < 1.29 is 13.2 Å². The summed E-state index contributed by atoms with van der Waals surface area (Å²) < 4.78 is 28.6. The van der Waals surface area contributed by atoms with Crippen LogP contribution in [0.4, 0.5) is 5.69 Å². The summed E-state index contributed by atoms with van der Waals surface area (Å²) in [5.74, 6) is 0. The summed E-state index contributed by atoms with van der Waals surface area (Å²) in [5, 5.41) is 18.6. The van der Waals surface area contributed by atoms with E-state index in [4.69, 9.17) is 21.5 Å². The molecule has 142 valence electrons. The number of hydrogen-bond acceptors (Lipinski definition) is 5. The molecule has 0 amide bonds. The van der Waals surface area contributed by atoms with Crippen LogP contribution >= 0.6 is 11.6 Å². The van der Waals surface area contributed by atoms with Gasteiger partial charge in [-0.2, -0.15) is 5.26 Å². The van der Waals surface area contributed by atoms with Crippen LogP contribution in [0, 0.1) is 11.3 Å². The fraction of sp³-hybridized carbons (Fsp3) is 0.316. The Hall–Kier alpha value is -2.11. The second-order valence-corrected chi connectivity index (χ2v) is 8.56. The maximum atomic E-state index is 11.5. The molecule has 1 fully saturated rings. The zero-order chi connectivity index (χ0) is 19.5. The van der Waals surface area contributed by atoms with E-state index in [9.17, 15) is 13.7 Å². The maximum absolute atomic E-state index is 11.5. The highest BCUT2D eigenvalue weighted by atomic mass is 35.5. The van der Waals surface area contributed by atoms with E-state index < -0.39 is 10.0 Å². The number of primary sulfonamides is 1. The van der Waals surface area contributed by atoms with E-state index in [0.29, 0.717) is 30.5 Å². The topological polar surface area (TPSA) is 105 Å². The normalized spacial score (nSPS) is 16.5. The Morgan fingerprint density at radius 3 is 2.56 bits per heavy atom. The molecular formula is C19H20ClN3O3S. The molecule has 0 radical (unpaired) electrons. The Labute approximate surface area is 163 Å². The minimum absolute atomic E-state index is 0.0866. The van der Waals surface area contributed by atoms with Gasteiger partial charge in [0.15, 0.2) is 0 Å². The molecule has 27 heavy (non-hydrogen) atoms. The first kappa shape index (κ1) is 19.6. The van der Waals surface area contributed by atoms with Gasteiger partial charge >= 0.3 is 0 Å². The Bertz CT molecular complexity index is 980. The molecule has 1 heterocycles. The van der Waals surface area contributed by atoms with Crippen LogP contribution in [0.5, 0.6) is 0 Å². The van der Waals surface area contributed by atoms with Gasteiger partial charge in [-0.3, -0.25) is 0 Å². The lowest BCUT2D eigenvalue weighted by atomic mass is 9.74. The molecule has 2 aromatic carbocycles. The summed E-state index contributed by atoms with van der Waals surface area (Å²) in [4.78, 5) is -0.0866. The summed E-state index contributed by atoms with van der Waals surface area (Å²) in [5.41, 5.74) is 1.59. The number of nitrogens with two attached hydrogens (primary N) is 1. The molecule has 0 atom stereocenters. The van der Waals surface area contributed by atoms with Gasteiger partial charge in [-0.05, 0) is 42.7 Å². The Kier molecular flexibility index (Phi) is 5.72. The molecule has 0 spiro atoms. The summed E-state index contributed by atoms with van der Waals surface area (Å²) in [6.45, 7) is 1.80. The first-order valence-corrected chi connectivity index (χ1v) is 10.4. The van der Waals surface area contributed by atoms with E-state index in [1.807, 2.05) is 30.3 Å². The molecule has 0 aromatic heterocycles. The number of rotatable bonds is 5. The van der Waals surface area contributed by atoms with Crippen LogP contribution in [0.3, 0.4) is 0 Å². The van der Waals surface area contributed by atoms with Crippen molar-refractivity contribution in [3.63, 3.8) is 0 Å². The lowest BCUT2D eigenvalue weighted by molar-refractivity contribution is 0.0544. The summed E-state index contributed by atoms with van der Waals surface area (Å²) in [6, 6.07) is 14.0. The van der Waals surface area contributed by atoms with E-state index in [1.165, 1.54) is 12.1 Å². The largest absolute Gasteiger partial charge is 0.383 e. The SMILES string of the molecule is N#Cc1cc(S(N)(=O)=O)ccc1NCC1(c2ccccc2Cl)CCOCC1. The third-order valence-electron chi connectivity index (χ3n) is 4.95. The number of hydrogen-bond donors (Lipinski definition) is 2. The average molecular weight is 406 g/mol. The first-order chi connectivity index (χ1) is 12.9. The highest BCUT2D eigenvalue weighted by Crippen LogP contribution is 2.39. The van der Waals surface area contributed by atoms with Crippen molar-refractivity contribution in [3.05, 3.63) is 58.6 Å². The molecule has 0 aliphatic carbocycles. The van der Waals surface area contributed by atoms with E-state index in [-0.39, 0.29) is 15.9 Å². The van der Waals surface area contributed by atoms with Crippen molar-refractivity contribution in [2.75, 3.05) is 25.1 Å². The van der Waals surface area contributed by atoms with Gasteiger partial charge in [-0.1, -0.05) is 29.8 Å². The van der Waals surface area contributed by atoms with E-state index in [0.717, 1.165) is 18.4 Å². The number of halogens is 1. The monoisotopic (exact) mass is 405 g/mol. The summed E-state index contributed by atoms with van der Waals surface area (Å²) >= 11 is 6.46. The average Bonchev–Trinajstić information content (AvgIpc) is 2.66. The molecule has 0 bridgehead atoms. The quantitative estimate of drug-likeness (QED) is 0.795. The Morgan fingerprint density at radius 1 is 1.22 bits per heavy atom. The van der Waals surface area contributed by atoms with E-state index >= 15 is 0 Å². The number of benzene rings is 2. The lowest BCUT2D eigenvalue weighted by Gasteiger charge is -2.38. The van der Waals surface area contributed by atoms with Gasteiger partial charge in [0, 0.05) is 30.2 Å². The van der Waals surface area contributed by atoms with Crippen LogP contribution in [0.1, 0.15) is 24.0 Å². The van der Waals surface area contributed by atoms with Gasteiger partial charge < -0.3 is 10.1 Å². The second kappa shape index (κ2) is 7.87. The minimum atomic E-state index is -3.86. The van der Waals surface area contributed by atoms with Crippen LogP contribution in [0.25, 0.3) is 0 Å². The fourth-order valence-corrected chi connectivity index (χ4v) is 4.28. The summed E-state index contributed by atoms with van der Waals surface area (Å²) in [6.07, 6.45) is 1.59. The van der Waals surface area contributed by atoms with Gasteiger partial charge in [0.25, 0.3) is 0 Å². The van der Waals surface area contributed by atoms with Crippen LogP contribution in [0.15, 0.2) is 47.4 Å². The number of ether oxygens (including phenoxy) is 1. The standard InChI is InChI=1S/C19H20ClN3O3S/c20-17-4-2-1-3-16(17)19(7-9-26-10-8-19)13-23-18-6-5-15(27(22,24)25)11-14(18)12-21/h1-6,11,23H,7-10,13H2,(H2,22,24,25). The highest BCUT2D eigenvalue weighted by Gasteiger charge is 2.36. The minimum Gasteiger partial charge on any atom is -0.383 e. The molecule has 2 aromatic rings. The van der Waals surface area contributed by atoms with Crippen LogP contribution in [0.2, 0.25) is 5.02 Å². The Morgan fingerprint density at radius 2 is 1.93 bits per heavy atom. The molecule has 6 nitrogen and oxygen atoms in total. The van der Waals surface area contributed by atoms with Crippen LogP contribution < -0.4 is 10.5 Å². The van der Waals surface area contributed by atoms with Crippen molar-refractivity contribution >= 4 is 27.3 Å². The number of nitriles is 1. The zero-order valence-electron chi connectivity index (χ0n) is 14.6. The van der Waals surface area contributed by atoms with Crippen molar-refractivity contribution in [2.45, 2.75) is 23.2 Å². The van der Waals surface area contributed by atoms with Crippen molar-refractivity contribution in [3.8, 4) is 6.07 Å². The predicted octanol–water partition coefficient (Wildman–Crippen LogP) is 3.02. The number of nitrogens with zero attached hydrogens (tertiary/aromatic N) is 1. The molecule has 3 rings (SSSR count). The predicted molar refractivity (Wildman–Crippen MR) is 104 cm³/mol. The molecule has 0 saturated carbocycles. The fourth-order valence-electron chi connectivity index (χ4n) is 3.41. The third-order valence-corrected chi connectivity index (χ3v) is 6.19. The van der Waals surface area contributed by atoms with Crippen LogP contribution in [-0.2, 0) is 20.2 Å². The van der Waals surface area contributed by atoms with Gasteiger partial charge in [0.1, 0.15) is 6.07 Å². The first-order valence-electron chi connectivity index (χ1n) is 8.49. The molecular weight excluding hydrogens is 386 g/mol. The molecule has 3 N–H and O–H groups in total. The second-order valence-electron chi connectivity index (χ2n) is 6.59. The molecule has 1 aliphatic heterocycles. The molecule has 0 unspecified atom stereocenters. The molecule has 1 saturated heterocycles. The summed E-state index contributed by atoms with van der Waals surface area (Å²) in [7, 11) is -3.86. The van der Waals surface area contributed by atoms with Gasteiger partial charge in [-0.15, -0.1) is 0 Å². The number of anilines is 1. The van der Waals surface area contributed by atoms with Gasteiger partial charge in [0.2, 0.25) is 10.0 Å². The Balaban J connectivity index is 1.91. The zero-order valence-corrected chi connectivity index (χ0v) is 16.2. The molecule has 8 heteroatoms. The van der Waals surface area contributed by atoms with Crippen LogP contribution in [-0.4, -0.2) is 28.2 Å². The maximum Gasteiger partial charge on any atom is 0.238 e.